The normalized spacial score (nSPS) is 12.5. The van der Waals surface area contributed by atoms with Crippen molar-refractivity contribution in [2.75, 3.05) is 6.54 Å². The van der Waals surface area contributed by atoms with E-state index in [0.29, 0.717) is 16.6 Å². The van der Waals surface area contributed by atoms with Gasteiger partial charge in [-0.15, -0.1) is 0 Å². The summed E-state index contributed by atoms with van der Waals surface area (Å²) >= 11 is 12.0. The van der Waals surface area contributed by atoms with Crippen LogP contribution in [0.15, 0.2) is 30.3 Å². The van der Waals surface area contributed by atoms with Gasteiger partial charge in [0.05, 0.1) is 5.69 Å². The van der Waals surface area contributed by atoms with E-state index >= 15 is 0 Å². The van der Waals surface area contributed by atoms with E-state index in [1.165, 1.54) is 6.08 Å². The fourth-order valence-electron chi connectivity index (χ4n) is 2.36. The van der Waals surface area contributed by atoms with E-state index < -0.39 is 0 Å². The zero-order valence-electron chi connectivity index (χ0n) is 14.0. The Labute approximate surface area is 152 Å². The number of carbonyl (C=O) groups excluding carboxylic acids is 1. The molecule has 128 valence electrons. The predicted molar refractivity (Wildman–Crippen MR) is 99.4 cm³/mol. The lowest BCUT2D eigenvalue weighted by atomic mass is 10.1. The summed E-state index contributed by atoms with van der Waals surface area (Å²) in [6.45, 7) is 7.42. The number of nitrogens with one attached hydrogen (secondary N) is 1. The van der Waals surface area contributed by atoms with Gasteiger partial charge in [0.1, 0.15) is 0 Å². The Kier molecular flexibility index (Phi) is 6.46. The van der Waals surface area contributed by atoms with Crippen LogP contribution in [0.5, 0.6) is 0 Å². The second kappa shape index (κ2) is 8.36. The maximum Gasteiger partial charge on any atom is 0.244 e. The van der Waals surface area contributed by atoms with Crippen LogP contribution in [-0.4, -0.2) is 22.2 Å². The Bertz CT molecular complexity index is 753. The number of aromatic nitrogens is 2. The van der Waals surface area contributed by atoms with Gasteiger partial charge in [-0.05, 0) is 55.7 Å². The second-order valence-electron chi connectivity index (χ2n) is 5.96. The summed E-state index contributed by atoms with van der Waals surface area (Å²) in [5.41, 5.74) is 2.85. The van der Waals surface area contributed by atoms with Gasteiger partial charge < -0.3 is 5.32 Å². The first-order valence-corrected chi connectivity index (χ1v) is 8.52. The number of nitrogens with zero attached hydrogens (tertiary/aromatic N) is 2. The zero-order valence-corrected chi connectivity index (χ0v) is 15.5. The van der Waals surface area contributed by atoms with E-state index in [4.69, 9.17) is 23.2 Å². The number of hydrogen-bond acceptors (Lipinski definition) is 2. The average Bonchev–Trinajstić information content (AvgIpc) is 2.83. The minimum absolute atomic E-state index is 0.161. The summed E-state index contributed by atoms with van der Waals surface area (Å²) < 4.78 is 1.97. The van der Waals surface area contributed by atoms with Crippen molar-refractivity contribution in [3.05, 3.63) is 57.3 Å². The quantitative estimate of drug-likeness (QED) is 0.776. The standard InChI is InChI=1S/C18H21Cl2N3O/c1-12(11-23-14(3)8-13(2)22-23)10-21-18(24)7-4-15-9-16(19)5-6-17(15)20/h4-9,12H,10-11H2,1-3H3,(H,21,24)/b7-4+. The van der Waals surface area contributed by atoms with Gasteiger partial charge in [0.25, 0.3) is 0 Å². The van der Waals surface area contributed by atoms with Gasteiger partial charge in [0.2, 0.25) is 5.91 Å². The van der Waals surface area contributed by atoms with E-state index in [0.717, 1.165) is 23.5 Å². The van der Waals surface area contributed by atoms with Crippen LogP contribution in [0.3, 0.4) is 0 Å². The molecule has 1 heterocycles. The highest BCUT2D eigenvalue weighted by Gasteiger charge is 2.08. The van der Waals surface area contributed by atoms with Gasteiger partial charge in [-0.2, -0.15) is 5.10 Å². The number of aryl methyl sites for hydroxylation is 2. The third-order valence-corrected chi connectivity index (χ3v) is 4.16. The summed E-state index contributed by atoms with van der Waals surface area (Å²) in [6, 6.07) is 7.18. The first-order valence-electron chi connectivity index (χ1n) is 7.77. The van der Waals surface area contributed by atoms with Gasteiger partial charge in [0.15, 0.2) is 0 Å². The number of carbonyl (C=O) groups is 1. The minimum atomic E-state index is -0.161. The molecule has 0 bridgehead atoms. The molecule has 6 heteroatoms. The Morgan fingerprint density at radius 3 is 2.75 bits per heavy atom. The molecule has 0 saturated heterocycles. The van der Waals surface area contributed by atoms with Crippen molar-refractivity contribution in [3.8, 4) is 0 Å². The maximum absolute atomic E-state index is 11.9. The molecule has 0 aliphatic heterocycles. The lowest BCUT2D eigenvalue weighted by Gasteiger charge is -2.13. The molecule has 2 rings (SSSR count). The van der Waals surface area contributed by atoms with E-state index in [1.807, 2.05) is 24.6 Å². The van der Waals surface area contributed by atoms with Crippen LogP contribution in [0.25, 0.3) is 6.08 Å². The van der Waals surface area contributed by atoms with Gasteiger partial charge >= 0.3 is 0 Å². The van der Waals surface area contributed by atoms with E-state index in [-0.39, 0.29) is 11.8 Å². The van der Waals surface area contributed by atoms with Crippen LogP contribution in [0, 0.1) is 19.8 Å². The zero-order chi connectivity index (χ0) is 17.7. The van der Waals surface area contributed by atoms with Crippen molar-refractivity contribution in [1.82, 2.24) is 15.1 Å². The molecule has 0 saturated carbocycles. The van der Waals surface area contributed by atoms with Gasteiger partial charge in [-0.1, -0.05) is 30.1 Å². The summed E-state index contributed by atoms with van der Waals surface area (Å²) in [6.07, 6.45) is 3.13. The van der Waals surface area contributed by atoms with Crippen molar-refractivity contribution in [2.45, 2.75) is 27.3 Å². The smallest absolute Gasteiger partial charge is 0.244 e. The molecule has 0 spiro atoms. The molecule has 1 aromatic heterocycles. The molecular formula is C18H21Cl2N3O. The van der Waals surface area contributed by atoms with Crippen LogP contribution in [0.1, 0.15) is 23.9 Å². The molecule has 0 aliphatic rings. The third-order valence-electron chi connectivity index (χ3n) is 3.59. The molecule has 1 unspecified atom stereocenters. The number of benzene rings is 1. The van der Waals surface area contributed by atoms with E-state index in [9.17, 15) is 4.79 Å². The monoisotopic (exact) mass is 365 g/mol. The summed E-state index contributed by atoms with van der Waals surface area (Å²) in [4.78, 5) is 11.9. The maximum atomic E-state index is 11.9. The fourth-order valence-corrected chi connectivity index (χ4v) is 2.72. The lowest BCUT2D eigenvalue weighted by molar-refractivity contribution is -0.116. The lowest BCUT2D eigenvalue weighted by Crippen LogP contribution is -2.29. The summed E-state index contributed by atoms with van der Waals surface area (Å²) in [5.74, 6) is 0.112. The topological polar surface area (TPSA) is 46.9 Å². The molecule has 0 fully saturated rings. The largest absolute Gasteiger partial charge is 0.352 e. The molecule has 0 radical (unpaired) electrons. The minimum Gasteiger partial charge on any atom is -0.352 e. The first-order chi connectivity index (χ1) is 11.3. The third kappa shape index (κ3) is 5.39. The van der Waals surface area contributed by atoms with Crippen LogP contribution in [0.2, 0.25) is 10.0 Å². The van der Waals surface area contributed by atoms with E-state index in [1.54, 1.807) is 24.3 Å². The highest BCUT2D eigenvalue weighted by Crippen LogP contribution is 2.21. The van der Waals surface area contributed by atoms with Crippen molar-refractivity contribution >= 4 is 35.2 Å². The Morgan fingerprint density at radius 2 is 2.08 bits per heavy atom. The molecule has 24 heavy (non-hydrogen) atoms. The second-order valence-corrected chi connectivity index (χ2v) is 6.80. The SMILES string of the molecule is Cc1cc(C)n(CC(C)CNC(=O)/C=C/c2cc(Cl)ccc2Cl)n1. The Morgan fingerprint density at radius 1 is 1.33 bits per heavy atom. The molecule has 1 atom stereocenters. The van der Waals surface area contributed by atoms with Crippen molar-refractivity contribution in [1.29, 1.82) is 0 Å². The Balaban J connectivity index is 1.85. The molecule has 1 N–H and O–H groups in total. The Hall–Kier alpha value is -1.78. The van der Waals surface area contributed by atoms with E-state index in [2.05, 4.69) is 17.3 Å². The van der Waals surface area contributed by atoms with Crippen LogP contribution >= 0.6 is 23.2 Å². The molecule has 1 amide bonds. The molecule has 1 aromatic carbocycles. The molecule has 0 aliphatic carbocycles. The summed E-state index contributed by atoms with van der Waals surface area (Å²) in [7, 11) is 0. The van der Waals surface area contributed by atoms with Crippen LogP contribution in [0.4, 0.5) is 0 Å². The number of amides is 1. The van der Waals surface area contributed by atoms with Crippen molar-refractivity contribution < 1.29 is 4.79 Å². The highest BCUT2D eigenvalue weighted by atomic mass is 35.5. The molecular weight excluding hydrogens is 345 g/mol. The fraction of sp³-hybridized carbons (Fsp3) is 0.333. The van der Waals surface area contributed by atoms with Crippen molar-refractivity contribution in [2.24, 2.45) is 5.92 Å². The molecule has 2 aromatic rings. The van der Waals surface area contributed by atoms with Gasteiger partial charge in [-0.25, -0.2) is 0 Å². The molecule has 4 nitrogen and oxygen atoms in total. The average molecular weight is 366 g/mol. The number of hydrogen-bond donors (Lipinski definition) is 1. The summed E-state index contributed by atoms with van der Waals surface area (Å²) in [5, 5.41) is 8.46. The highest BCUT2D eigenvalue weighted by molar-refractivity contribution is 6.34. The van der Waals surface area contributed by atoms with Crippen LogP contribution in [-0.2, 0) is 11.3 Å². The number of halogens is 2. The number of rotatable bonds is 6. The predicted octanol–water partition coefficient (Wildman–Crippen LogP) is 4.27. The van der Waals surface area contributed by atoms with Crippen molar-refractivity contribution in [3.63, 3.8) is 0 Å². The van der Waals surface area contributed by atoms with Gasteiger partial charge in [-0.3, -0.25) is 9.48 Å². The van der Waals surface area contributed by atoms with Crippen LogP contribution < -0.4 is 5.32 Å². The first kappa shape index (κ1) is 18.6. The van der Waals surface area contributed by atoms with Gasteiger partial charge in [0, 0.05) is 34.9 Å².